The molecule has 0 bridgehead atoms. The average molecular weight is 488 g/mol. The molecule has 0 spiro atoms. The maximum atomic E-state index is 12.7. The summed E-state index contributed by atoms with van der Waals surface area (Å²) in [6.45, 7) is -1.36. The highest BCUT2D eigenvalue weighted by Crippen LogP contribution is 2.56. The van der Waals surface area contributed by atoms with E-state index in [4.69, 9.17) is 11.6 Å². The van der Waals surface area contributed by atoms with Crippen LogP contribution < -0.4 is 10.6 Å². The van der Waals surface area contributed by atoms with E-state index in [2.05, 4.69) is 25.6 Å². The van der Waals surface area contributed by atoms with Crippen LogP contribution in [-0.4, -0.2) is 66.8 Å². The van der Waals surface area contributed by atoms with Crippen LogP contribution in [0, 0.1) is 5.92 Å². The third kappa shape index (κ3) is 3.55. The third-order valence-corrected chi connectivity index (χ3v) is 7.17. The lowest BCUT2D eigenvalue weighted by Crippen LogP contribution is -2.42. The number of anilines is 2. The highest BCUT2D eigenvalue weighted by Gasteiger charge is 2.74. The summed E-state index contributed by atoms with van der Waals surface area (Å²) in [5.74, 6) is -0.783. The molecule has 2 saturated carbocycles. The molecule has 0 radical (unpaired) electrons. The SMILES string of the molecule is OC1C(Nc2nc(NCC(F)(F)F)nc(Cl)c2-c2nc3ccccc3s2)CC2C(O)C12O. The van der Waals surface area contributed by atoms with E-state index in [0.717, 1.165) is 4.70 Å². The summed E-state index contributed by atoms with van der Waals surface area (Å²) in [5.41, 5.74) is -0.638. The topological polar surface area (TPSA) is 123 Å². The van der Waals surface area contributed by atoms with Crippen molar-refractivity contribution in [3.63, 3.8) is 0 Å². The number of thiazole rings is 1. The van der Waals surface area contributed by atoms with Crippen molar-refractivity contribution in [1.82, 2.24) is 15.0 Å². The standard InChI is InChI=1S/C19H17ClF3N5O3S/c20-14-11(16-26-8-3-1-2-4-10(8)32-16)15(28-17(27-14)24-6-18(21,22)23)25-9-5-7-12(29)19(7,31)13(9)30/h1-4,7,9,12-13,29-31H,5-6H2,(H2,24,25,27,28). The van der Waals surface area contributed by atoms with Gasteiger partial charge in [-0.3, -0.25) is 0 Å². The van der Waals surface area contributed by atoms with E-state index in [-0.39, 0.29) is 28.9 Å². The van der Waals surface area contributed by atoms with Crippen molar-refractivity contribution >= 4 is 44.9 Å². The lowest BCUT2D eigenvalue weighted by molar-refractivity contribution is -0.115. The van der Waals surface area contributed by atoms with Crippen molar-refractivity contribution in [2.75, 3.05) is 17.2 Å². The summed E-state index contributed by atoms with van der Waals surface area (Å²) in [5, 5.41) is 36.1. The van der Waals surface area contributed by atoms with Crippen LogP contribution in [-0.2, 0) is 0 Å². The number of para-hydroxylation sites is 1. The van der Waals surface area contributed by atoms with Crippen molar-refractivity contribution in [3.8, 4) is 10.6 Å². The predicted octanol–water partition coefficient (Wildman–Crippen LogP) is 2.65. The Kier molecular flexibility index (Phi) is 4.98. The van der Waals surface area contributed by atoms with Crippen molar-refractivity contribution in [2.24, 2.45) is 5.92 Å². The molecule has 8 nitrogen and oxygen atoms in total. The molecule has 32 heavy (non-hydrogen) atoms. The Morgan fingerprint density at radius 2 is 1.91 bits per heavy atom. The van der Waals surface area contributed by atoms with Crippen LogP contribution >= 0.6 is 22.9 Å². The van der Waals surface area contributed by atoms with Gasteiger partial charge in [0.1, 0.15) is 34.2 Å². The predicted molar refractivity (Wildman–Crippen MR) is 113 cm³/mol. The molecule has 2 aromatic heterocycles. The molecule has 5 rings (SSSR count). The van der Waals surface area contributed by atoms with Gasteiger partial charge in [0.15, 0.2) is 0 Å². The molecular weight excluding hydrogens is 471 g/mol. The van der Waals surface area contributed by atoms with Crippen molar-refractivity contribution in [1.29, 1.82) is 0 Å². The molecule has 5 unspecified atom stereocenters. The zero-order chi connectivity index (χ0) is 22.8. The minimum Gasteiger partial charge on any atom is -0.390 e. The van der Waals surface area contributed by atoms with E-state index >= 15 is 0 Å². The number of hydrogen-bond acceptors (Lipinski definition) is 9. The van der Waals surface area contributed by atoms with E-state index < -0.39 is 42.5 Å². The van der Waals surface area contributed by atoms with Gasteiger partial charge >= 0.3 is 6.18 Å². The molecule has 5 N–H and O–H groups in total. The van der Waals surface area contributed by atoms with E-state index in [1.165, 1.54) is 11.3 Å². The summed E-state index contributed by atoms with van der Waals surface area (Å²) < 4.78 is 38.8. The quantitative estimate of drug-likeness (QED) is 0.348. The number of nitrogens with one attached hydrogen (secondary N) is 2. The second-order valence-electron chi connectivity index (χ2n) is 7.89. The Hall–Kier alpha value is -2.25. The van der Waals surface area contributed by atoms with E-state index in [1.807, 2.05) is 24.3 Å². The molecule has 2 aliphatic carbocycles. The Morgan fingerprint density at radius 1 is 1.16 bits per heavy atom. The third-order valence-electron chi connectivity index (χ3n) is 5.84. The molecule has 0 aliphatic heterocycles. The summed E-state index contributed by atoms with van der Waals surface area (Å²) >= 11 is 7.66. The fraction of sp³-hybridized carbons (Fsp3) is 0.421. The summed E-state index contributed by atoms with van der Waals surface area (Å²) in [6.07, 6.45) is -6.56. The fourth-order valence-corrected chi connectivity index (χ4v) is 5.49. The van der Waals surface area contributed by atoms with Gasteiger partial charge in [-0.1, -0.05) is 23.7 Å². The number of benzene rings is 1. The van der Waals surface area contributed by atoms with Gasteiger partial charge in [0.25, 0.3) is 0 Å². The Morgan fingerprint density at radius 3 is 2.56 bits per heavy atom. The van der Waals surface area contributed by atoms with E-state index in [0.29, 0.717) is 10.5 Å². The van der Waals surface area contributed by atoms with E-state index in [9.17, 15) is 28.5 Å². The minimum atomic E-state index is -4.49. The molecule has 2 aliphatic rings. The van der Waals surface area contributed by atoms with Crippen molar-refractivity contribution in [3.05, 3.63) is 29.4 Å². The number of aromatic nitrogens is 3. The first-order valence-electron chi connectivity index (χ1n) is 9.67. The van der Waals surface area contributed by atoms with Gasteiger partial charge in [-0.15, -0.1) is 11.3 Å². The highest BCUT2D eigenvalue weighted by molar-refractivity contribution is 7.21. The Labute approximate surface area is 188 Å². The Balaban J connectivity index is 1.53. The zero-order valence-corrected chi connectivity index (χ0v) is 17.7. The van der Waals surface area contributed by atoms with Crippen LogP contribution in [0.25, 0.3) is 20.8 Å². The number of hydrogen-bond donors (Lipinski definition) is 5. The van der Waals surface area contributed by atoms with Gasteiger partial charge in [-0.25, -0.2) is 9.97 Å². The number of rotatable bonds is 5. The van der Waals surface area contributed by atoms with Crippen LogP contribution in [0.2, 0.25) is 5.15 Å². The van der Waals surface area contributed by atoms with Crippen molar-refractivity contribution in [2.45, 2.75) is 36.4 Å². The van der Waals surface area contributed by atoms with E-state index in [1.54, 1.807) is 0 Å². The normalized spacial score (nSPS) is 29.2. The first kappa shape index (κ1) is 21.6. The molecule has 13 heteroatoms. The van der Waals surface area contributed by atoms with Gasteiger partial charge in [0.05, 0.1) is 27.9 Å². The maximum Gasteiger partial charge on any atom is 0.405 e. The second kappa shape index (κ2) is 7.39. The largest absolute Gasteiger partial charge is 0.405 e. The molecule has 0 saturated heterocycles. The maximum absolute atomic E-state index is 12.7. The second-order valence-corrected chi connectivity index (χ2v) is 9.28. The van der Waals surface area contributed by atoms with Gasteiger partial charge in [-0.2, -0.15) is 18.2 Å². The first-order valence-corrected chi connectivity index (χ1v) is 10.9. The molecular formula is C19H17ClF3N5O3S. The monoisotopic (exact) mass is 487 g/mol. The van der Waals surface area contributed by atoms with Crippen LogP contribution in [0.3, 0.4) is 0 Å². The molecule has 2 heterocycles. The first-order chi connectivity index (χ1) is 15.1. The molecule has 2 fully saturated rings. The number of fused-ring (bicyclic) bond motifs is 2. The average Bonchev–Trinajstić information content (AvgIpc) is 3.03. The van der Waals surface area contributed by atoms with Crippen molar-refractivity contribution < 1.29 is 28.5 Å². The fourth-order valence-electron chi connectivity index (χ4n) is 4.16. The van der Waals surface area contributed by atoms with Gasteiger partial charge in [0, 0.05) is 5.92 Å². The molecule has 0 amide bonds. The molecule has 170 valence electrons. The summed E-state index contributed by atoms with van der Waals surface area (Å²) in [6, 6.07) is 6.63. The van der Waals surface area contributed by atoms with Crippen LogP contribution in [0.1, 0.15) is 6.42 Å². The molecule has 1 aromatic carbocycles. The lowest BCUT2D eigenvalue weighted by Gasteiger charge is -2.24. The zero-order valence-electron chi connectivity index (χ0n) is 16.1. The minimum absolute atomic E-state index is 0.0668. The van der Waals surface area contributed by atoms with Gasteiger partial charge in [-0.05, 0) is 18.6 Å². The number of alkyl halides is 3. The lowest BCUT2D eigenvalue weighted by atomic mass is 10.1. The van der Waals surface area contributed by atoms with Gasteiger partial charge < -0.3 is 26.0 Å². The molecule has 3 aromatic rings. The van der Waals surface area contributed by atoms with Crippen LogP contribution in [0.15, 0.2) is 24.3 Å². The summed E-state index contributed by atoms with van der Waals surface area (Å²) in [4.78, 5) is 12.6. The molecule has 5 atom stereocenters. The van der Waals surface area contributed by atoms with Gasteiger partial charge in [0.2, 0.25) is 5.95 Å². The Bertz CT molecular complexity index is 1160. The van der Waals surface area contributed by atoms with Crippen LogP contribution in [0.4, 0.5) is 24.9 Å². The number of nitrogens with zero attached hydrogens (tertiary/aromatic N) is 3. The number of halogens is 4. The number of aliphatic hydroxyl groups excluding tert-OH is 2. The summed E-state index contributed by atoms with van der Waals surface area (Å²) in [7, 11) is 0. The smallest absolute Gasteiger partial charge is 0.390 e. The van der Waals surface area contributed by atoms with Crippen LogP contribution in [0.5, 0.6) is 0 Å². The number of aliphatic hydroxyl groups is 3. The highest BCUT2D eigenvalue weighted by atomic mass is 35.5.